The fraction of sp³-hybridized carbons (Fsp3) is 0.391. The van der Waals surface area contributed by atoms with Crippen molar-refractivity contribution in [1.82, 2.24) is 24.6 Å². The van der Waals surface area contributed by atoms with E-state index in [9.17, 15) is 0 Å². The number of benzene rings is 1. The molecule has 0 aliphatic heterocycles. The number of nitrogens with zero attached hydrogens (tertiary/aromatic N) is 5. The van der Waals surface area contributed by atoms with Crippen LogP contribution in [0.4, 0.5) is 5.95 Å². The van der Waals surface area contributed by atoms with Crippen molar-refractivity contribution in [1.29, 1.82) is 0 Å². The Morgan fingerprint density at radius 1 is 1.09 bits per heavy atom. The standard InChI is InChI=1S/C23H26N6O3/c1-31-22-21-18(15-2-7-19-20(14-15)25-10-9-24-19)8-11-29(21)28-23(27-22)26-16-3-5-17(6-4-16)32-13-12-30/h2,7-11,14,16-17,30H,3-6,12-13H2,1H3,(H,26,28)/t16-,17+. The Bertz CT molecular complexity index is 1220. The number of aromatic nitrogens is 5. The molecule has 5 rings (SSSR count). The van der Waals surface area contributed by atoms with Crippen molar-refractivity contribution in [3.8, 4) is 17.0 Å². The van der Waals surface area contributed by atoms with Gasteiger partial charge in [-0.1, -0.05) is 6.07 Å². The van der Waals surface area contributed by atoms with Gasteiger partial charge in [0.1, 0.15) is 5.52 Å². The molecule has 0 unspecified atom stereocenters. The second-order valence-corrected chi connectivity index (χ2v) is 7.94. The fourth-order valence-corrected chi connectivity index (χ4v) is 4.34. The van der Waals surface area contributed by atoms with E-state index in [1.54, 1.807) is 24.0 Å². The summed E-state index contributed by atoms with van der Waals surface area (Å²) in [7, 11) is 1.62. The second kappa shape index (κ2) is 9.05. The van der Waals surface area contributed by atoms with E-state index in [0.29, 0.717) is 18.4 Å². The van der Waals surface area contributed by atoms with Crippen LogP contribution in [0.3, 0.4) is 0 Å². The summed E-state index contributed by atoms with van der Waals surface area (Å²) in [6.07, 6.45) is 9.36. The maximum atomic E-state index is 8.93. The van der Waals surface area contributed by atoms with Crippen LogP contribution in [0.25, 0.3) is 27.7 Å². The van der Waals surface area contributed by atoms with Crippen molar-refractivity contribution in [3.05, 3.63) is 42.9 Å². The molecule has 9 heteroatoms. The van der Waals surface area contributed by atoms with Gasteiger partial charge in [0, 0.05) is 30.2 Å². The lowest BCUT2D eigenvalue weighted by Gasteiger charge is -2.29. The zero-order valence-corrected chi connectivity index (χ0v) is 17.9. The van der Waals surface area contributed by atoms with E-state index >= 15 is 0 Å². The van der Waals surface area contributed by atoms with Gasteiger partial charge in [-0.15, -0.1) is 5.10 Å². The van der Waals surface area contributed by atoms with Crippen LogP contribution in [-0.2, 0) is 4.74 Å². The number of aliphatic hydroxyl groups is 1. The van der Waals surface area contributed by atoms with Crippen LogP contribution in [0.5, 0.6) is 5.88 Å². The molecular formula is C23H26N6O3. The first kappa shape index (κ1) is 20.6. The molecule has 3 heterocycles. The smallest absolute Gasteiger partial charge is 0.244 e. The zero-order chi connectivity index (χ0) is 21.9. The van der Waals surface area contributed by atoms with Crippen molar-refractivity contribution in [3.63, 3.8) is 0 Å². The molecular weight excluding hydrogens is 408 g/mol. The monoisotopic (exact) mass is 434 g/mol. The molecule has 9 nitrogen and oxygen atoms in total. The lowest BCUT2D eigenvalue weighted by atomic mass is 9.93. The largest absolute Gasteiger partial charge is 0.479 e. The van der Waals surface area contributed by atoms with Crippen LogP contribution in [0.2, 0.25) is 0 Å². The molecule has 0 spiro atoms. The molecule has 1 fully saturated rings. The van der Waals surface area contributed by atoms with E-state index in [-0.39, 0.29) is 18.8 Å². The lowest BCUT2D eigenvalue weighted by Crippen LogP contribution is -2.31. The first-order chi connectivity index (χ1) is 15.7. The Kier molecular flexibility index (Phi) is 5.83. The fourth-order valence-electron chi connectivity index (χ4n) is 4.34. The Balaban J connectivity index is 1.39. The van der Waals surface area contributed by atoms with E-state index in [1.165, 1.54) is 0 Å². The van der Waals surface area contributed by atoms with Crippen LogP contribution in [0.15, 0.2) is 42.9 Å². The van der Waals surface area contributed by atoms with Crippen LogP contribution in [0.1, 0.15) is 25.7 Å². The quantitative estimate of drug-likeness (QED) is 0.457. The third-order valence-electron chi connectivity index (χ3n) is 5.91. The molecule has 3 aromatic heterocycles. The highest BCUT2D eigenvalue weighted by Gasteiger charge is 2.23. The summed E-state index contributed by atoms with van der Waals surface area (Å²) in [5.74, 6) is 1.06. The van der Waals surface area contributed by atoms with Crippen LogP contribution in [-0.4, -0.2) is 62.1 Å². The summed E-state index contributed by atoms with van der Waals surface area (Å²) in [5.41, 5.74) is 4.47. The Morgan fingerprint density at radius 2 is 1.91 bits per heavy atom. The van der Waals surface area contributed by atoms with Crippen LogP contribution < -0.4 is 10.1 Å². The van der Waals surface area contributed by atoms with Crippen molar-refractivity contribution in [2.45, 2.75) is 37.8 Å². The first-order valence-electron chi connectivity index (χ1n) is 10.9. The number of anilines is 1. The molecule has 1 saturated carbocycles. The Hall–Kier alpha value is -3.30. The van der Waals surface area contributed by atoms with Gasteiger partial charge in [-0.25, -0.2) is 4.52 Å². The highest BCUT2D eigenvalue weighted by atomic mass is 16.5. The molecule has 166 valence electrons. The van der Waals surface area contributed by atoms with Gasteiger partial charge < -0.3 is 19.9 Å². The maximum Gasteiger partial charge on any atom is 0.244 e. The number of nitrogens with one attached hydrogen (secondary N) is 1. The summed E-state index contributed by atoms with van der Waals surface area (Å²) in [5, 5.41) is 17.1. The number of fused-ring (bicyclic) bond motifs is 2. The van der Waals surface area contributed by atoms with Crippen LogP contribution >= 0.6 is 0 Å². The predicted molar refractivity (Wildman–Crippen MR) is 121 cm³/mol. The van der Waals surface area contributed by atoms with Gasteiger partial charge in [0.25, 0.3) is 0 Å². The van der Waals surface area contributed by atoms with Crippen molar-refractivity contribution >= 4 is 22.5 Å². The highest BCUT2D eigenvalue weighted by molar-refractivity contribution is 5.89. The molecule has 0 atom stereocenters. The van der Waals surface area contributed by atoms with Gasteiger partial charge >= 0.3 is 0 Å². The number of hydrogen-bond donors (Lipinski definition) is 2. The van der Waals surface area contributed by atoms with E-state index in [1.807, 2.05) is 30.5 Å². The summed E-state index contributed by atoms with van der Waals surface area (Å²) in [6, 6.07) is 8.29. The van der Waals surface area contributed by atoms with Crippen molar-refractivity contribution in [2.24, 2.45) is 0 Å². The summed E-state index contributed by atoms with van der Waals surface area (Å²) >= 11 is 0. The molecule has 0 bridgehead atoms. The summed E-state index contributed by atoms with van der Waals surface area (Å²) in [4.78, 5) is 13.4. The van der Waals surface area contributed by atoms with E-state index < -0.39 is 0 Å². The maximum absolute atomic E-state index is 8.93. The molecule has 1 aliphatic carbocycles. The van der Waals surface area contributed by atoms with Gasteiger partial charge in [-0.3, -0.25) is 9.97 Å². The normalized spacial score (nSPS) is 18.8. The minimum atomic E-state index is 0.0668. The summed E-state index contributed by atoms with van der Waals surface area (Å²) < 4.78 is 13.1. The molecule has 0 radical (unpaired) electrons. The third kappa shape index (κ3) is 4.09. The third-order valence-corrected chi connectivity index (χ3v) is 5.91. The molecule has 0 amide bonds. The topological polar surface area (TPSA) is 107 Å². The van der Waals surface area contributed by atoms with E-state index in [2.05, 4.69) is 25.4 Å². The highest BCUT2D eigenvalue weighted by Crippen LogP contribution is 2.33. The molecule has 4 aromatic rings. The van der Waals surface area contributed by atoms with Crippen molar-refractivity contribution < 1.29 is 14.6 Å². The average Bonchev–Trinajstić information content (AvgIpc) is 3.27. The number of rotatable bonds is 7. The molecule has 0 saturated heterocycles. The lowest BCUT2D eigenvalue weighted by molar-refractivity contribution is 0.00718. The Morgan fingerprint density at radius 3 is 2.69 bits per heavy atom. The molecule has 2 N–H and O–H groups in total. The van der Waals surface area contributed by atoms with Gasteiger partial charge in [-0.05, 0) is 49.4 Å². The van der Waals surface area contributed by atoms with E-state index in [0.717, 1.165) is 53.4 Å². The number of ether oxygens (including phenoxy) is 2. The van der Waals surface area contributed by atoms with Gasteiger partial charge in [0.2, 0.25) is 11.8 Å². The minimum Gasteiger partial charge on any atom is -0.479 e. The first-order valence-corrected chi connectivity index (χ1v) is 10.9. The van der Waals surface area contributed by atoms with Crippen LogP contribution in [0, 0.1) is 0 Å². The Labute approximate surface area is 185 Å². The predicted octanol–water partition coefficient (Wildman–Crippen LogP) is 3.08. The minimum absolute atomic E-state index is 0.0668. The number of aliphatic hydroxyl groups excluding tert-OH is 1. The molecule has 1 aliphatic rings. The van der Waals surface area contributed by atoms with Gasteiger partial charge in [-0.2, -0.15) is 4.98 Å². The van der Waals surface area contributed by atoms with Gasteiger partial charge in [0.15, 0.2) is 0 Å². The van der Waals surface area contributed by atoms with Crippen molar-refractivity contribution in [2.75, 3.05) is 25.6 Å². The van der Waals surface area contributed by atoms with Gasteiger partial charge in [0.05, 0.1) is 37.5 Å². The second-order valence-electron chi connectivity index (χ2n) is 7.94. The molecule has 1 aromatic carbocycles. The van der Waals surface area contributed by atoms with E-state index in [4.69, 9.17) is 14.6 Å². The summed E-state index contributed by atoms with van der Waals surface area (Å²) in [6.45, 7) is 0.469. The number of methoxy groups -OCH3 is 1. The molecule has 32 heavy (non-hydrogen) atoms. The number of hydrogen-bond acceptors (Lipinski definition) is 8. The average molecular weight is 435 g/mol. The zero-order valence-electron chi connectivity index (χ0n) is 17.9. The SMILES string of the molecule is COc1nc(N[C@H]2CC[C@@H](OCCO)CC2)nn2ccc(-c3ccc4nccnc4c3)c12.